The number of aromatic nitrogens is 1. The smallest absolute Gasteiger partial charge is 0.341 e. The highest BCUT2D eigenvalue weighted by atomic mass is 32.1. The standard InChI is InChI=1S/C14H14N2O3S/c1-9-8-20-14(15-9)16-6-7-19-12-10(13(17)18-2)4-3-5-11(12)16/h3-5,8H,6-7H2,1-2H3. The molecule has 0 fully saturated rings. The van der Waals surface area contributed by atoms with Crippen LogP contribution in [0.5, 0.6) is 5.75 Å². The van der Waals surface area contributed by atoms with E-state index in [1.165, 1.54) is 7.11 Å². The highest BCUT2D eigenvalue weighted by Crippen LogP contribution is 2.40. The first kappa shape index (κ1) is 12.9. The summed E-state index contributed by atoms with van der Waals surface area (Å²) in [6.45, 7) is 3.19. The SMILES string of the molecule is COC(=O)c1cccc2c1OCCN2c1nc(C)cs1. The van der Waals surface area contributed by atoms with Crippen LogP contribution in [0.3, 0.4) is 0 Å². The third kappa shape index (κ3) is 2.12. The average molecular weight is 290 g/mol. The average Bonchev–Trinajstić information content (AvgIpc) is 2.91. The molecule has 0 aliphatic carbocycles. The zero-order valence-electron chi connectivity index (χ0n) is 11.3. The first-order valence-corrected chi connectivity index (χ1v) is 7.12. The van der Waals surface area contributed by atoms with Gasteiger partial charge in [-0.05, 0) is 19.1 Å². The fraction of sp³-hybridized carbons (Fsp3) is 0.286. The highest BCUT2D eigenvalue weighted by Gasteiger charge is 2.26. The molecule has 1 aromatic carbocycles. The molecule has 2 heterocycles. The number of nitrogens with zero attached hydrogens (tertiary/aromatic N) is 2. The van der Waals surface area contributed by atoms with E-state index in [-0.39, 0.29) is 5.97 Å². The lowest BCUT2D eigenvalue weighted by Crippen LogP contribution is -2.29. The van der Waals surface area contributed by atoms with Gasteiger partial charge in [-0.25, -0.2) is 9.78 Å². The number of esters is 1. The third-order valence-corrected chi connectivity index (χ3v) is 4.07. The van der Waals surface area contributed by atoms with Crippen molar-refractivity contribution in [1.82, 2.24) is 4.98 Å². The number of carbonyl (C=O) groups is 1. The summed E-state index contributed by atoms with van der Waals surface area (Å²) < 4.78 is 10.5. The molecule has 0 unspecified atom stereocenters. The fourth-order valence-corrected chi connectivity index (χ4v) is 3.03. The first-order chi connectivity index (χ1) is 9.70. The van der Waals surface area contributed by atoms with E-state index in [1.54, 1.807) is 17.4 Å². The van der Waals surface area contributed by atoms with Crippen molar-refractivity contribution in [2.24, 2.45) is 0 Å². The maximum atomic E-state index is 11.8. The van der Waals surface area contributed by atoms with Gasteiger partial charge in [-0.15, -0.1) is 11.3 Å². The van der Waals surface area contributed by atoms with Crippen LogP contribution in [0.15, 0.2) is 23.6 Å². The minimum Gasteiger partial charge on any atom is -0.489 e. The summed E-state index contributed by atoms with van der Waals surface area (Å²) in [5, 5.41) is 2.92. The second kappa shape index (κ2) is 5.13. The Morgan fingerprint density at radius 3 is 3.05 bits per heavy atom. The summed E-state index contributed by atoms with van der Waals surface area (Å²) >= 11 is 1.58. The fourth-order valence-electron chi connectivity index (χ4n) is 2.18. The number of anilines is 2. The number of ether oxygens (including phenoxy) is 2. The minimum absolute atomic E-state index is 0.390. The van der Waals surface area contributed by atoms with Gasteiger partial charge in [0.2, 0.25) is 0 Å². The van der Waals surface area contributed by atoms with Crippen LogP contribution >= 0.6 is 11.3 Å². The van der Waals surface area contributed by atoms with Crippen molar-refractivity contribution in [2.45, 2.75) is 6.92 Å². The number of para-hydroxylation sites is 1. The van der Waals surface area contributed by atoms with Crippen LogP contribution in [0.25, 0.3) is 0 Å². The maximum absolute atomic E-state index is 11.8. The van der Waals surface area contributed by atoms with Gasteiger partial charge in [0.15, 0.2) is 10.9 Å². The van der Waals surface area contributed by atoms with Crippen molar-refractivity contribution < 1.29 is 14.3 Å². The summed E-state index contributed by atoms with van der Waals surface area (Å²) in [6, 6.07) is 5.46. The second-order valence-corrected chi connectivity index (χ2v) is 5.25. The molecule has 0 N–H and O–H groups in total. The van der Waals surface area contributed by atoms with E-state index in [9.17, 15) is 4.79 Å². The highest BCUT2D eigenvalue weighted by molar-refractivity contribution is 7.13. The molecule has 1 aromatic heterocycles. The first-order valence-electron chi connectivity index (χ1n) is 6.24. The molecule has 0 atom stereocenters. The summed E-state index contributed by atoms with van der Waals surface area (Å²) in [6.07, 6.45) is 0. The van der Waals surface area contributed by atoms with E-state index in [2.05, 4.69) is 9.88 Å². The lowest BCUT2D eigenvalue weighted by atomic mass is 10.1. The number of carbonyl (C=O) groups excluding carboxylic acids is 1. The normalized spacial score (nSPS) is 13.6. The molecule has 1 aliphatic rings. The number of fused-ring (bicyclic) bond motifs is 1. The van der Waals surface area contributed by atoms with Gasteiger partial charge in [-0.1, -0.05) is 6.07 Å². The minimum atomic E-state index is -0.390. The van der Waals surface area contributed by atoms with Crippen LogP contribution in [0.1, 0.15) is 16.1 Å². The summed E-state index contributed by atoms with van der Waals surface area (Å²) in [7, 11) is 1.37. The molecule has 5 nitrogen and oxygen atoms in total. The number of aryl methyl sites for hydroxylation is 1. The van der Waals surface area contributed by atoms with Crippen LogP contribution in [-0.2, 0) is 4.74 Å². The number of benzene rings is 1. The lowest BCUT2D eigenvalue weighted by molar-refractivity contribution is 0.0596. The van der Waals surface area contributed by atoms with Crippen molar-refractivity contribution in [2.75, 3.05) is 25.2 Å². The Hall–Kier alpha value is -2.08. The van der Waals surface area contributed by atoms with Crippen LogP contribution in [0.2, 0.25) is 0 Å². The molecule has 0 bridgehead atoms. The Bertz CT molecular complexity index is 654. The van der Waals surface area contributed by atoms with E-state index in [0.29, 0.717) is 24.5 Å². The number of thiazole rings is 1. The Morgan fingerprint density at radius 1 is 1.50 bits per heavy atom. The van der Waals surface area contributed by atoms with Crippen molar-refractivity contribution in [3.63, 3.8) is 0 Å². The van der Waals surface area contributed by atoms with E-state index in [4.69, 9.17) is 9.47 Å². The Kier molecular flexibility index (Phi) is 3.31. The van der Waals surface area contributed by atoms with Crippen LogP contribution in [-0.4, -0.2) is 31.2 Å². The van der Waals surface area contributed by atoms with Crippen LogP contribution in [0, 0.1) is 6.92 Å². The zero-order valence-corrected chi connectivity index (χ0v) is 12.1. The molecule has 2 aromatic rings. The van der Waals surface area contributed by atoms with Crippen LogP contribution < -0.4 is 9.64 Å². The second-order valence-electron chi connectivity index (χ2n) is 4.42. The Morgan fingerprint density at radius 2 is 2.35 bits per heavy atom. The van der Waals surface area contributed by atoms with Gasteiger partial charge in [0.05, 0.1) is 25.0 Å². The number of rotatable bonds is 2. The quantitative estimate of drug-likeness (QED) is 0.796. The van der Waals surface area contributed by atoms with Gasteiger partial charge in [0.25, 0.3) is 0 Å². The topological polar surface area (TPSA) is 51.7 Å². The monoisotopic (exact) mass is 290 g/mol. The molecule has 1 aliphatic heterocycles. The van der Waals surface area contributed by atoms with Gasteiger partial charge in [-0.2, -0.15) is 0 Å². The molecule has 0 radical (unpaired) electrons. The molecular formula is C14H14N2O3S. The maximum Gasteiger partial charge on any atom is 0.341 e. The Balaban J connectivity index is 2.07. The van der Waals surface area contributed by atoms with Crippen molar-refractivity contribution in [1.29, 1.82) is 0 Å². The van der Waals surface area contributed by atoms with E-state index in [1.807, 2.05) is 24.4 Å². The van der Waals surface area contributed by atoms with Gasteiger partial charge < -0.3 is 14.4 Å². The van der Waals surface area contributed by atoms with Gasteiger partial charge in [0, 0.05) is 5.38 Å². The molecule has 0 saturated heterocycles. The van der Waals surface area contributed by atoms with E-state index >= 15 is 0 Å². The molecule has 0 saturated carbocycles. The molecular weight excluding hydrogens is 276 g/mol. The predicted octanol–water partition coefficient (Wildman–Crippen LogP) is 2.77. The van der Waals surface area contributed by atoms with E-state index in [0.717, 1.165) is 16.5 Å². The largest absolute Gasteiger partial charge is 0.489 e. The Labute approximate surface area is 120 Å². The number of hydrogen-bond acceptors (Lipinski definition) is 6. The molecule has 104 valence electrons. The van der Waals surface area contributed by atoms with Gasteiger partial charge in [0.1, 0.15) is 12.2 Å². The summed E-state index contributed by atoms with van der Waals surface area (Å²) in [4.78, 5) is 18.4. The molecule has 0 spiro atoms. The summed E-state index contributed by atoms with van der Waals surface area (Å²) in [5.74, 6) is 0.178. The predicted molar refractivity (Wildman–Crippen MR) is 77.1 cm³/mol. The van der Waals surface area contributed by atoms with Crippen molar-refractivity contribution in [3.05, 3.63) is 34.8 Å². The number of hydrogen-bond donors (Lipinski definition) is 0. The summed E-state index contributed by atoms with van der Waals surface area (Å²) in [5.41, 5.74) is 2.29. The van der Waals surface area contributed by atoms with Gasteiger partial charge >= 0.3 is 5.97 Å². The zero-order chi connectivity index (χ0) is 14.1. The molecule has 6 heteroatoms. The van der Waals surface area contributed by atoms with Crippen LogP contribution in [0.4, 0.5) is 10.8 Å². The van der Waals surface area contributed by atoms with E-state index < -0.39 is 0 Å². The van der Waals surface area contributed by atoms with Crippen molar-refractivity contribution in [3.8, 4) is 5.75 Å². The third-order valence-electron chi connectivity index (χ3n) is 3.09. The van der Waals surface area contributed by atoms with Crippen molar-refractivity contribution >= 4 is 28.1 Å². The lowest BCUT2D eigenvalue weighted by Gasteiger charge is -2.30. The molecule has 0 amide bonds. The number of methoxy groups -OCH3 is 1. The molecule has 3 rings (SSSR count). The molecule has 20 heavy (non-hydrogen) atoms. The van der Waals surface area contributed by atoms with Gasteiger partial charge in [-0.3, -0.25) is 0 Å².